The molecule has 1 heterocycles. The minimum Gasteiger partial charge on any atom is -0.481 e. The lowest BCUT2D eigenvalue weighted by molar-refractivity contribution is -0.136. The van der Waals surface area contributed by atoms with Crippen molar-refractivity contribution in [1.82, 2.24) is 9.88 Å². The van der Waals surface area contributed by atoms with Gasteiger partial charge in [-0.1, -0.05) is 24.3 Å². The van der Waals surface area contributed by atoms with Crippen LogP contribution in [0.2, 0.25) is 0 Å². The molecule has 0 fully saturated rings. The molecular formula is C15H18N2O2S. The molecule has 1 aromatic heterocycles. The summed E-state index contributed by atoms with van der Waals surface area (Å²) in [6.45, 7) is 0.913. The van der Waals surface area contributed by atoms with Crippen molar-refractivity contribution < 1.29 is 9.90 Å². The van der Waals surface area contributed by atoms with Gasteiger partial charge < -0.3 is 10.0 Å². The number of aliphatic carboxylic acids is 1. The van der Waals surface area contributed by atoms with Gasteiger partial charge in [0.2, 0.25) is 0 Å². The van der Waals surface area contributed by atoms with Crippen LogP contribution in [0.1, 0.15) is 21.8 Å². The van der Waals surface area contributed by atoms with Gasteiger partial charge in [0.25, 0.3) is 0 Å². The predicted octanol–water partition coefficient (Wildman–Crippen LogP) is 2.42. The van der Waals surface area contributed by atoms with Gasteiger partial charge in [-0.05, 0) is 25.2 Å². The zero-order valence-electron chi connectivity index (χ0n) is 11.7. The van der Waals surface area contributed by atoms with Crippen molar-refractivity contribution in [1.29, 1.82) is 0 Å². The first-order valence-electron chi connectivity index (χ1n) is 6.40. The van der Waals surface area contributed by atoms with E-state index in [9.17, 15) is 4.79 Å². The molecule has 0 spiro atoms. The zero-order chi connectivity index (χ0) is 14.5. The number of aromatic nitrogens is 1. The van der Waals surface area contributed by atoms with Crippen molar-refractivity contribution in [2.24, 2.45) is 0 Å². The standard InChI is InChI=1S/C15H18N2O2S/c1-17(2)9-12-5-3-4-11(6-12)7-14-16-13(10-20-14)8-15(18)19/h3-6,10H,7-9H2,1-2H3,(H,18,19). The zero-order valence-corrected chi connectivity index (χ0v) is 12.5. The molecule has 1 N–H and O–H groups in total. The first kappa shape index (κ1) is 14.7. The van der Waals surface area contributed by atoms with E-state index in [0.717, 1.165) is 18.0 Å². The normalized spacial score (nSPS) is 10.9. The lowest BCUT2D eigenvalue weighted by atomic mass is 10.1. The summed E-state index contributed by atoms with van der Waals surface area (Å²) in [6, 6.07) is 8.43. The smallest absolute Gasteiger partial charge is 0.309 e. The van der Waals surface area contributed by atoms with E-state index in [1.165, 1.54) is 22.5 Å². The van der Waals surface area contributed by atoms with Gasteiger partial charge in [0.05, 0.1) is 17.1 Å². The molecule has 0 aliphatic heterocycles. The number of rotatable bonds is 6. The highest BCUT2D eigenvalue weighted by molar-refractivity contribution is 7.09. The van der Waals surface area contributed by atoms with E-state index in [0.29, 0.717) is 5.69 Å². The van der Waals surface area contributed by atoms with Crippen LogP contribution in [-0.2, 0) is 24.2 Å². The number of nitrogens with zero attached hydrogens (tertiary/aromatic N) is 2. The first-order valence-corrected chi connectivity index (χ1v) is 7.28. The number of carboxylic acid groups (broad SMARTS) is 1. The maximum absolute atomic E-state index is 10.6. The van der Waals surface area contributed by atoms with E-state index < -0.39 is 5.97 Å². The predicted molar refractivity (Wildman–Crippen MR) is 80.1 cm³/mol. The minimum atomic E-state index is -0.838. The maximum atomic E-state index is 10.6. The van der Waals surface area contributed by atoms with Gasteiger partial charge in [-0.2, -0.15) is 0 Å². The quantitative estimate of drug-likeness (QED) is 0.887. The van der Waals surface area contributed by atoms with Crippen LogP contribution < -0.4 is 0 Å². The molecule has 0 saturated heterocycles. The highest BCUT2D eigenvalue weighted by Crippen LogP contribution is 2.16. The molecule has 0 saturated carbocycles. The summed E-state index contributed by atoms with van der Waals surface area (Å²) in [6.07, 6.45) is 0.753. The number of carboxylic acids is 1. The Morgan fingerprint density at radius 1 is 1.35 bits per heavy atom. The number of hydrogen-bond acceptors (Lipinski definition) is 4. The summed E-state index contributed by atoms with van der Waals surface area (Å²) in [5, 5.41) is 11.5. The van der Waals surface area contributed by atoms with Crippen LogP contribution in [0.3, 0.4) is 0 Å². The molecule has 5 heteroatoms. The summed E-state index contributed by atoms with van der Waals surface area (Å²) < 4.78 is 0. The third-order valence-electron chi connectivity index (χ3n) is 2.78. The SMILES string of the molecule is CN(C)Cc1cccc(Cc2nc(CC(=O)O)cs2)c1. The molecular weight excluding hydrogens is 272 g/mol. The van der Waals surface area contributed by atoms with E-state index in [-0.39, 0.29) is 6.42 Å². The Morgan fingerprint density at radius 2 is 2.10 bits per heavy atom. The molecule has 4 nitrogen and oxygen atoms in total. The lowest BCUT2D eigenvalue weighted by Crippen LogP contribution is -2.10. The van der Waals surface area contributed by atoms with Crippen LogP contribution in [0, 0.1) is 0 Å². The highest BCUT2D eigenvalue weighted by Gasteiger charge is 2.07. The molecule has 0 aliphatic carbocycles. The van der Waals surface area contributed by atoms with E-state index in [2.05, 4.69) is 34.1 Å². The van der Waals surface area contributed by atoms with E-state index in [1.807, 2.05) is 19.5 Å². The molecule has 106 valence electrons. The van der Waals surface area contributed by atoms with Gasteiger partial charge in [-0.15, -0.1) is 11.3 Å². The minimum absolute atomic E-state index is 0.00281. The van der Waals surface area contributed by atoms with Gasteiger partial charge >= 0.3 is 5.97 Å². The average molecular weight is 290 g/mol. The fourth-order valence-corrected chi connectivity index (χ4v) is 2.87. The van der Waals surface area contributed by atoms with Crippen LogP contribution in [0.5, 0.6) is 0 Å². The van der Waals surface area contributed by atoms with E-state index in [1.54, 1.807) is 0 Å². The topological polar surface area (TPSA) is 53.4 Å². The van der Waals surface area contributed by atoms with Crippen LogP contribution in [0.4, 0.5) is 0 Å². The van der Waals surface area contributed by atoms with Gasteiger partial charge in [-0.25, -0.2) is 4.98 Å². The van der Waals surface area contributed by atoms with Crippen molar-refractivity contribution in [3.8, 4) is 0 Å². The van der Waals surface area contributed by atoms with Crippen molar-refractivity contribution >= 4 is 17.3 Å². The Balaban J connectivity index is 2.05. The maximum Gasteiger partial charge on any atom is 0.309 e. The number of hydrogen-bond donors (Lipinski definition) is 1. The van der Waals surface area contributed by atoms with Crippen molar-refractivity contribution in [2.45, 2.75) is 19.4 Å². The lowest BCUT2D eigenvalue weighted by Gasteiger charge is -2.10. The molecule has 2 aromatic rings. The average Bonchev–Trinajstić information content (AvgIpc) is 2.75. The Morgan fingerprint density at radius 3 is 2.80 bits per heavy atom. The molecule has 2 rings (SSSR count). The third-order valence-corrected chi connectivity index (χ3v) is 3.67. The van der Waals surface area contributed by atoms with Gasteiger partial charge in [-0.3, -0.25) is 4.79 Å². The molecule has 20 heavy (non-hydrogen) atoms. The molecule has 0 bridgehead atoms. The Hall–Kier alpha value is -1.72. The number of carbonyl (C=O) groups is 1. The summed E-state index contributed by atoms with van der Waals surface area (Å²) in [4.78, 5) is 17.1. The van der Waals surface area contributed by atoms with Crippen LogP contribution in [0.25, 0.3) is 0 Å². The second kappa shape index (κ2) is 6.63. The molecule has 0 atom stereocenters. The molecule has 0 amide bonds. The second-order valence-corrected chi connectivity index (χ2v) is 5.98. The molecule has 1 aromatic carbocycles. The summed E-state index contributed by atoms with van der Waals surface area (Å²) in [7, 11) is 4.09. The van der Waals surface area contributed by atoms with Gasteiger partial charge in [0, 0.05) is 18.3 Å². The van der Waals surface area contributed by atoms with Gasteiger partial charge in [0.15, 0.2) is 0 Å². The van der Waals surface area contributed by atoms with E-state index >= 15 is 0 Å². The fourth-order valence-electron chi connectivity index (χ4n) is 2.04. The van der Waals surface area contributed by atoms with Crippen molar-refractivity contribution in [2.75, 3.05) is 14.1 Å². The monoisotopic (exact) mass is 290 g/mol. The third kappa shape index (κ3) is 4.43. The summed E-state index contributed by atoms with van der Waals surface area (Å²) >= 11 is 1.52. The first-order chi connectivity index (χ1) is 9.52. The molecule has 0 aliphatic rings. The Bertz CT molecular complexity index is 593. The summed E-state index contributed by atoms with van der Waals surface area (Å²) in [5.74, 6) is -0.838. The van der Waals surface area contributed by atoms with Crippen LogP contribution in [0.15, 0.2) is 29.6 Å². The Kier molecular flexibility index (Phi) is 4.87. The molecule has 0 radical (unpaired) electrons. The Labute approximate surface area is 122 Å². The van der Waals surface area contributed by atoms with Crippen LogP contribution in [-0.4, -0.2) is 35.1 Å². The number of thiazole rings is 1. The fraction of sp³-hybridized carbons (Fsp3) is 0.333. The highest BCUT2D eigenvalue weighted by atomic mass is 32.1. The largest absolute Gasteiger partial charge is 0.481 e. The second-order valence-electron chi connectivity index (χ2n) is 5.04. The van der Waals surface area contributed by atoms with Gasteiger partial charge in [0.1, 0.15) is 0 Å². The van der Waals surface area contributed by atoms with E-state index in [4.69, 9.17) is 5.11 Å². The summed E-state index contributed by atoms with van der Waals surface area (Å²) in [5.41, 5.74) is 3.12. The number of benzene rings is 1. The van der Waals surface area contributed by atoms with Crippen molar-refractivity contribution in [3.05, 3.63) is 51.5 Å². The van der Waals surface area contributed by atoms with Crippen LogP contribution >= 0.6 is 11.3 Å². The van der Waals surface area contributed by atoms with Crippen molar-refractivity contribution in [3.63, 3.8) is 0 Å². The molecule has 0 unspecified atom stereocenters.